The number of hydrogen-bond donors (Lipinski definition) is 0. The predicted molar refractivity (Wildman–Crippen MR) is 68.9 cm³/mol. The Labute approximate surface area is 89.8 Å². The van der Waals surface area contributed by atoms with E-state index in [1.54, 1.807) is 0 Å². The van der Waals surface area contributed by atoms with Crippen LogP contribution in [0.25, 0.3) is 0 Å². The van der Waals surface area contributed by atoms with Crippen LogP contribution in [0.5, 0.6) is 0 Å². The second-order valence-electron chi connectivity index (χ2n) is 4.11. The number of hydrogen-bond acceptors (Lipinski definition) is 2. The Bertz CT molecular complexity index is 161. The smallest absolute Gasteiger partial charge is 0.211 e. The van der Waals surface area contributed by atoms with Crippen LogP contribution in [0.1, 0.15) is 0 Å². The maximum absolute atomic E-state index is 3.81. The van der Waals surface area contributed by atoms with Crippen LogP contribution < -0.4 is 0 Å². The number of rotatable bonds is 7. The fraction of sp³-hybridized carbons (Fsp3) is 0.600. The normalized spacial score (nSPS) is 10.4. The lowest BCUT2D eigenvalue weighted by molar-refractivity contribution is 0.620. The van der Waals surface area contributed by atoms with Gasteiger partial charge >= 0.3 is 0 Å². The van der Waals surface area contributed by atoms with E-state index in [1.165, 1.54) is 0 Å². The SMILES string of the molecule is C=CCB(B(CC=C)N(C)C)N(C)C. The molecular formula is C10H22B2N2. The third-order valence-electron chi connectivity index (χ3n) is 2.59. The number of allylic oxidation sites excluding steroid dienone is 2. The van der Waals surface area contributed by atoms with Gasteiger partial charge in [-0.2, -0.15) is 0 Å². The fourth-order valence-electron chi connectivity index (χ4n) is 1.77. The summed E-state index contributed by atoms with van der Waals surface area (Å²) in [7, 11) is 8.48. The fourth-order valence-corrected chi connectivity index (χ4v) is 1.77. The maximum Gasteiger partial charge on any atom is 0.211 e. The Balaban J connectivity index is 4.52. The van der Waals surface area contributed by atoms with Crippen molar-refractivity contribution in [2.45, 2.75) is 12.6 Å². The minimum atomic E-state index is 0.514. The molecule has 0 N–H and O–H groups in total. The third kappa shape index (κ3) is 4.16. The Morgan fingerprint density at radius 1 is 0.857 bits per heavy atom. The summed E-state index contributed by atoms with van der Waals surface area (Å²) in [5, 5.41) is 0. The first-order valence-corrected chi connectivity index (χ1v) is 5.09. The van der Waals surface area contributed by atoms with Gasteiger partial charge in [-0.05, 0) is 40.8 Å². The van der Waals surface area contributed by atoms with E-state index in [4.69, 9.17) is 0 Å². The molecule has 2 nitrogen and oxygen atoms in total. The van der Waals surface area contributed by atoms with Gasteiger partial charge in [-0.3, -0.25) is 0 Å². The van der Waals surface area contributed by atoms with Crippen LogP contribution in [0.4, 0.5) is 0 Å². The van der Waals surface area contributed by atoms with E-state index >= 15 is 0 Å². The molecule has 0 bridgehead atoms. The average molecular weight is 192 g/mol. The highest BCUT2D eigenvalue weighted by Crippen LogP contribution is 2.08. The molecule has 0 aromatic rings. The van der Waals surface area contributed by atoms with Crippen LogP contribution in [0.2, 0.25) is 12.6 Å². The van der Waals surface area contributed by atoms with Gasteiger partial charge in [0.1, 0.15) is 0 Å². The molecule has 0 radical (unpaired) electrons. The van der Waals surface area contributed by atoms with Gasteiger partial charge in [0.25, 0.3) is 0 Å². The minimum Gasteiger partial charge on any atom is -0.352 e. The zero-order valence-corrected chi connectivity index (χ0v) is 10.0. The van der Waals surface area contributed by atoms with Crippen molar-refractivity contribution in [3.8, 4) is 0 Å². The summed E-state index contributed by atoms with van der Waals surface area (Å²) in [6, 6.07) is 0. The first kappa shape index (κ1) is 13.5. The first-order chi connectivity index (χ1) is 6.54. The van der Waals surface area contributed by atoms with E-state index in [9.17, 15) is 0 Å². The lowest BCUT2D eigenvalue weighted by Crippen LogP contribution is -2.54. The molecule has 4 heteroatoms. The lowest BCUT2D eigenvalue weighted by atomic mass is 9.17. The van der Waals surface area contributed by atoms with Gasteiger partial charge in [0.15, 0.2) is 0 Å². The molecule has 78 valence electrons. The zero-order valence-electron chi connectivity index (χ0n) is 10.0. The Kier molecular flexibility index (Phi) is 6.67. The van der Waals surface area contributed by atoms with Gasteiger partial charge in [0.2, 0.25) is 13.5 Å². The summed E-state index contributed by atoms with van der Waals surface area (Å²) < 4.78 is 0. The molecule has 0 spiro atoms. The molecule has 0 atom stereocenters. The summed E-state index contributed by atoms with van der Waals surface area (Å²) in [5.74, 6) is 0. The zero-order chi connectivity index (χ0) is 11.1. The molecule has 0 saturated carbocycles. The van der Waals surface area contributed by atoms with Gasteiger partial charge in [-0.25, -0.2) is 0 Å². The number of nitrogens with zero attached hydrogens (tertiary/aromatic N) is 2. The van der Waals surface area contributed by atoms with Crippen molar-refractivity contribution in [2.75, 3.05) is 28.2 Å². The molecule has 0 aliphatic carbocycles. The van der Waals surface area contributed by atoms with Gasteiger partial charge in [0.05, 0.1) is 0 Å². The maximum atomic E-state index is 3.81. The minimum absolute atomic E-state index is 0.514. The van der Waals surface area contributed by atoms with Crippen LogP contribution in [-0.2, 0) is 0 Å². The van der Waals surface area contributed by atoms with Crippen LogP contribution in [0.15, 0.2) is 25.3 Å². The highest BCUT2D eigenvalue weighted by Gasteiger charge is 2.31. The largest absolute Gasteiger partial charge is 0.352 e. The van der Waals surface area contributed by atoms with Gasteiger partial charge < -0.3 is 9.62 Å². The summed E-state index contributed by atoms with van der Waals surface area (Å²) in [6.45, 7) is 8.66. The van der Waals surface area contributed by atoms with Crippen molar-refractivity contribution in [1.29, 1.82) is 0 Å². The van der Waals surface area contributed by atoms with Crippen molar-refractivity contribution in [2.24, 2.45) is 0 Å². The molecule has 0 heterocycles. The van der Waals surface area contributed by atoms with E-state index in [0.29, 0.717) is 13.5 Å². The average Bonchev–Trinajstić information content (AvgIpc) is 2.10. The summed E-state index contributed by atoms with van der Waals surface area (Å²) >= 11 is 0. The van der Waals surface area contributed by atoms with Crippen LogP contribution >= 0.6 is 0 Å². The molecule has 0 aliphatic heterocycles. The standard InChI is InChI=1S/C10H22B2N2/c1-7-9-11(13(3)4)12(10-8-2)14(5)6/h7-8H,1-2,9-10H2,3-6H3. The van der Waals surface area contributed by atoms with Crippen molar-refractivity contribution in [3.05, 3.63) is 25.3 Å². The summed E-state index contributed by atoms with van der Waals surface area (Å²) in [6.07, 6.45) is 6.02. The van der Waals surface area contributed by atoms with E-state index in [0.717, 1.165) is 12.6 Å². The second kappa shape index (κ2) is 6.91. The Hall–Kier alpha value is -0.470. The summed E-state index contributed by atoms with van der Waals surface area (Å²) in [5.41, 5.74) is 0. The summed E-state index contributed by atoms with van der Waals surface area (Å²) in [4.78, 5) is 4.52. The van der Waals surface area contributed by atoms with Crippen molar-refractivity contribution >= 4 is 13.5 Å². The van der Waals surface area contributed by atoms with Crippen LogP contribution in [-0.4, -0.2) is 51.3 Å². The van der Waals surface area contributed by atoms with E-state index < -0.39 is 0 Å². The molecule has 0 unspecified atom stereocenters. The molecule has 14 heavy (non-hydrogen) atoms. The highest BCUT2D eigenvalue weighted by molar-refractivity contribution is 7.20. The topological polar surface area (TPSA) is 6.48 Å². The van der Waals surface area contributed by atoms with Crippen LogP contribution in [0.3, 0.4) is 0 Å². The predicted octanol–water partition coefficient (Wildman–Crippen LogP) is 1.54. The van der Waals surface area contributed by atoms with Gasteiger partial charge in [-0.1, -0.05) is 12.2 Å². The van der Waals surface area contributed by atoms with E-state index in [-0.39, 0.29) is 0 Å². The quantitative estimate of drug-likeness (QED) is 0.445. The molecule has 0 saturated heterocycles. The van der Waals surface area contributed by atoms with Gasteiger partial charge in [0, 0.05) is 0 Å². The monoisotopic (exact) mass is 192 g/mol. The molecule has 0 fully saturated rings. The lowest BCUT2D eigenvalue weighted by Gasteiger charge is -2.30. The molecule has 0 amide bonds. The van der Waals surface area contributed by atoms with Crippen LogP contribution in [0, 0.1) is 0 Å². The third-order valence-corrected chi connectivity index (χ3v) is 2.59. The van der Waals surface area contributed by atoms with E-state index in [2.05, 4.69) is 51.0 Å². The Morgan fingerprint density at radius 3 is 1.29 bits per heavy atom. The van der Waals surface area contributed by atoms with Gasteiger partial charge in [-0.15, -0.1) is 13.2 Å². The van der Waals surface area contributed by atoms with Crippen molar-refractivity contribution in [1.82, 2.24) is 9.62 Å². The Morgan fingerprint density at radius 2 is 1.14 bits per heavy atom. The molecule has 0 aliphatic rings. The van der Waals surface area contributed by atoms with E-state index in [1.807, 2.05) is 12.2 Å². The molecular weight excluding hydrogens is 170 g/mol. The molecule has 0 aromatic carbocycles. The molecule has 0 rings (SSSR count). The molecule has 0 aromatic heterocycles. The van der Waals surface area contributed by atoms with Crippen molar-refractivity contribution < 1.29 is 0 Å². The first-order valence-electron chi connectivity index (χ1n) is 5.09. The highest BCUT2D eigenvalue weighted by atomic mass is 15.0. The second-order valence-corrected chi connectivity index (χ2v) is 4.11. The van der Waals surface area contributed by atoms with Crippen molar-refractivity contribution in [3.63, 3.8) is 0 Å².